The van der Waals surface area contributed by atoms with E-state index in [9.17, 15) is 9.59 Å². The largest absolute Gasteiger partial charge is 0.322 e. The molecule has 1 aliphatic heterocycles. The monoisotopic (exact) mass is 396 g/mol. The highest BCUT2D eigenvalue weighted by atomic mass is 16.5. The van der Waals surface area contributed by atoms with Crippen molar-refractivity contribution < 1.29 is 14.8 Å². The van der Waals surface area contributed by atoms with Crippen LogP contribution in [0, 0.1) is 20.8 Å². The summed E-state index contributed by atoms with van der Waals surface area (Å²) < 4.78 is 0. The smallest absolute Gasteiger partial charge is 0.321 e. The molecule has 3 rings (SSSR count). The number of carbonyl (C=O) groups excluding carboxylic acids is 2. The lowest BCUT2D eigenvalue weighted by Crippen LogP contribution is -2.48. The van der Waals surface area contributed by atoms with Gasteiger partial charge in [0.2, 0.25) is 0 Å². The number of rotatable bonds is 4. The van der Waals surface area contributed by atoms with Crippen LogP contribution in [0.4, 0.5) is 10.5 Å². The molecule has 2 aromatic carbocycles. The molecule has 0 atom stereocenters. The normalized spacial score (nSPS) is 13.9. The van der Waals surface area contributed by atoms with E-state index in [1.54, 1.807) is 17.6 Å². The van der Waals surface area contributed by atoms with Crippen LogP contribution in [-0.4, -0.2) is 48.2 Å². The third-order valence-corrected chi connectivity index (χ3v) is 5.60. The Bertz CT molecular complexity index is 903. The Balaban J connectivity index is 1.78. The predicted octanol–water partition coefficient (Wildman–Crippen LogP) is 2.76. The lowest BCUT2D eigenvalue weighted by atomic mass is 9.91. The molecule has 1 aliphatic rings. The summed E-state index contributed by atoms with van der Waals surface area (Å²) in [6.45, 7) is 9.22. The van der Waals surface area contributed by atoms with Crippen LogP contribution >= 0.6 is 0 Å². The Morgan fingerprint density at radius 1 is 1.07 bits per heavy atom. The predicted molar refractivity (Wildman–Crippen MR) is 113 cm³/mol. The number of anilines is 1. The van der Waals surface area contributed by atoms with Gasteiger partial charge in [0.25, 0.3) is 5.91 Å². The van der Waals surface area contributed by atoms with Crippen LogP contribution in [0.5, 0.6) is 0 Å². The molecule has 0 saturated carbocycles. The Hall–Kier alpha value is -2.90. The van der Waals surface area contributed by atoms with Gasteiger partial charge in [0.15, 0.2) is 0 Å². The fourth-order valence-corrected chi connectivity index (χ4v) is 3.64. The molecule has 0 bridgehead atoms. The number of hydrogen-bond acceptors (Lipinski definition) is 4. The quantitative estimate of drug-likeness (QED) is 0.472. The van der Waals surface area contributed by atoms with E-state index < -0.39 is 5.91 Å². The molecule has 3 amide bonds. The number of amides is 3. The third kappa shape index (κ3) is 4.75. The highest BCUT2D eigenvalue weighted by Gasteiger charge is 2.18. The average molecular weight is 396 g/mol. The van der Waals surface area contributed by atoms with Gasteiger partial charge < -0.3 is 15.5 Å². The zero-order chi connectivity index (χ0) is 21.0. The summed E-state index contributed by atoms with van der Waals surface area (Å²) in [4.78, 5) is 25.9. The van der Waals surface area contributed by atoms with Crippen LogP contribution in [0.25, 0.3) is 0 Å². The van der Waals surface area contributed by atoms with Gasteiger partial charge in [-0.3, -0.25) is 10.0 Å². The average Bonchev–Trinajstić information content (AvgIpc) is 2.75. The lowest BCUT2D eigenvalue weighted by Gasteiger charge is -2.28. The molecule has 0 spiro atoms. The second-order valence-electron chi connectivity index (χ2n) is 7.45. The first-order valence-corrected chi connectivity index (χ1v) is 9.80. The second-order valence-corrected chi connectivity index (χ2v) is 7.45. The number of benzene rings is 2. The molecule has 1 fully saturated rings. The fourth-order valence-electron chi connectivity index (χ4n) is 3.64. The summed E-state index contributed by atoms with van der Waals surface area (Å²) >= 11 is 0. The maximum Gasteiger partial charge on any atom is 0.321 e. The molecule has 1 heterocycles. The molecule has 1 saturated heterocycles. The van der Waals surface area contributed by atoms with Gasteiger partial charge in [0, 0.05) is 37.4 Å². The van der Waals surface area contributed by atoms with Crippen molar-refractivity contribution in [3.05, 3.63) is 63.7 Å². The van der Waals surface area contributed by atoms with Crippen LogP contribution < -0.4 is 16.1 Å². The van der Waals surface area contributed by atoms with Crippen molar-refractivity contribution in [1.82, 2.24) is 15.7 Å². The minimum atomic E-state index is -0.524. The first-order chi connectivity index (χ1) is 13.9. The second kappa shape index (κ2) is 9.07. The molecule has 0 aliphatic carbocycles. The number of nitrogens with one attached hydrogen (secondary N) is 3. The molecular formula is C22H28N4O3. The van der Waals surface area contributed by atoms with Gasteiger partial charge in [-0.25, -0.2) is 10.3 Å². The Labute approximate surface area is 171 Å². The van der Waals surface area contributed by atoms with Crippen LogP contribution in [0.2, 0.25) is 0 Å². The molecule has 0 radical (unpaired) electrons. The molecule has 2 aromatic rings. The molecule has 4 N–H and O–H groups in total. The third-order valence-electron chi connectivity index (χ3n) is 5.60. The number of nitrogens with zero attached hydrogens (tertiary/aromatic N) is 1. The minimum Gasteiger partial charge on any atom is -0.322 e. The van der Waals surface area contributed by atoms with Crippen molar-refractivity contribution in [2.24, 2.45) is 0 Å². The van der Waals surface area contributed by atoms with Crippen molar-refractivity contribution in [2.45, 2.75) is 27.2 Å². The molecule has 7 heteroatoms. The number of piperazine rings is 1. The van der Waals surface area contributed by atoms with E-state index in [-0.39, 0.29) is 6.03 Å². The Kier molecular flexibility index (Phi) is 6.51. The minimum absolute atomic E-state index is 0.0566. The summed E-state index contributed by atoms with van der Waals surface area (Å²) in [6, 6.07) is 9.14. The summed E-state index contributed by atoms with van der Waals surface area (Å²) in [5, 5.41) is 15.1. The van der Waals surface area contributed by atoms with Crippen molar-refractivity contribution in [1.29, 1.82) is 0 Å². The SMILES string of the molecule is Cc1cc(NC(=O)N2CCNCC2)c(C)c(C)c1Cc1ccc(C(=O)NO)cc1. The standard InChI is InChI=1S/C22H28N4O3/c1-14-12-20(24-22(28)26-10-8-23-9-11-26)16(3)15(2)19(14)13-17-4-6-18(7-5-17)21(27)25-29/h4-7,12,23,29H,8-11,13H2,1-3H3,(H,24,28)(H,25,27). The highest BCUT2D eigenvalue weighted by molar-refractivity contribution is 5.93. The van der Waals surface area contributed by atoms with Gasteiger partial charge >= 0.3 is 6.03 Å². The molecule has 154 valence electrons. The van der Waals surface area contributed by atoms with E-state index in [4.69, 9.17) is 5.21 Å². The zero-order valence-electron chi connectivity index (χ0n) is 17.1. The van der Waals surface area contributed by atoms with E-state index in [0.29, 0.717) is 18.7 Å². The topological polar surface area (TPSA) is 93.7 Å². The summed E-state index contributed by atoms with van der Waals surface area (Å²) in [6.07, 6.45) is 0.728. The first kappa shape index (κ1) is 20.8. The number of hydrogen-bond donors (Lipinski definition) is 4. The van der Waals surface area contributed by atoms with Gasteiger partial charge in [-0.2, -0.15) is 0 Å². The number of hydroxylamine groups is 1. The maximum atomic E-state index is 12.6. The number of carbonyl (C=O) groups is 2. The number of urea groups is 1. The van der Waals surface area contributed by atoms with Crippen molar-refractivity contribution in [2.75, 3.05) is 31.5 Å². The van der Waals surface area contributed by atoms with Crippen molar-refractivity contribution in [3.63, 3.8) is 0 Å². The van der Waals surface area contributed by atoms with Gasteiger partial charge in [-0.15, -0.1) is 0 Å². The first-order valence-electron chi connectivity index (χ1n) is 9.80. The van der Waals surface area contributed by atoms with E-state index in [1.165, 1.54) is 5.56 Å². The molecular weight excluding hydrogens is 368 g/mol. The molecule has 7 nitrogen and oxygen atoms in total. The van der Waals surface area contributed by atoms with Crippen molar-refractivity contribution in [3.8, 4) is 0 Å². The van der Waals surface area contributed by atoms with Gasteiger partial charge in [0.05, 0.1) is 0 Å². The summed E-state index contributed by atoms with van der Waals surface area (Å²) in [5.74, 6) is -0.524. The fraction of sp³-hybridized carbons (Fsp3) is 0.364. The van der Waals surface area contributed by atoms with E-state index in [1.807, 2.05) is 30.0 Å². The maximum absolute atomic E-state index is 12.6. The van der Waals surface area contributed by atoms with Gasteiger partial charge in [-0.05, 0) is 73.2 Å². The highest BCUT2D eigenvalue weighted by Crippen LogP contribution is 2.28. The lowest BCUT2D eigenvalue weighted by molar-refractivity contribution is 0.0706. The summed E-state index contributed by atoms with van der Waals surface area (Å²) in [5.41, 5.74) is 8.50. The van der Waals surface area contributed by atoms with Crippen LogP contribution in [0.15, 0.2) is 30.3 Å². The molecule has 29 heavy (non-hydrogen) atoms. The van der Waals surface area contributed by atoms with Gasteiger partial charge in [0.1, 0.15) is 0 Å². The van der Waals surface area contributed by atoms with E-state index in [2.05, 4.69) is 24.5 Å². The van der Waals surface area contributed by atoms with E-state index in [0.717, 1.165) is 47.5 Å². The Morgan fingerprint density at radius 3 is 2.34 bits per heavy atom. The zero-order valence-corrected chi connectivity index (χ0v) is 17.1. The van der Waals surface area contributed by atoms with Crippen LogP contribution in [0.1, 0.15) is 38.2 Å². The molecule has 0 aromatic heterocycles. The number of aryl methyl sites for hydroxylation is 1. The van der Waals surface area contributed by atoms with Crippen LogP contribution in [0.3, 0.4) is 0 Å². The van der Waals surface area contributed by atoms with Gasteiger partial charge in [-0.1, -0.05) is 12.1 Å². The van der Waals surface area contributed by atoms with Crippen LogP contribution in [-0.2, 0) is 6.42 Å². The molecule has 0 unspecified atom stereocenters. The van der Waals surface area contributed by atoms with E-state index >= 15 is 0 Å². The van der Waals surface area contributed by atoms with Crippen molar-refractivity contribution >= 4 is 17.6 Å². The summed E-state index contributed by atoms with van der Waals surface area (Å²) in [7, 11) is 0. The Morgan fingerprint density at radius 2 is 1.72 bits per heavy atom.